The predicted molar refractivity (Wildman–Crippen MR) is 375 cm³/mol. The summed E-state index contributed by atoms with van der Waals surface area (Å²) in [6.45, 7) is 29.7. The van der Waals surface area contributed by atoms with Crippen molar-refractivity contribution in [3.63, 3.8) is 0 Å². The molecule has 4 N–H and O–H groups in total. The van der Waals surface area contributed by atoms with Crippen molar-refractivity contribution in [2.24, 2.45) is 15.3 Å². The van der Waals surface area contributed by atoms with Crippen molar-refractivity contribution in [3.8, 4) is 29.1 Å². The van der Waals surface area contributed by atoms with Crippen LogP contribution in [0.25, 0.3) is 0 Å². The lowest BCUT2D eigenvalue weighted by Gasteiger charge is -2.33. The Morgan fingerprint density at radius 2 is 0.765 bits per heavy atom. The molecule has 4 rings (SSSR count). The number of nitrogens with zero attached hydrogens (tertiary/aromatic N) is 11. The summed E-state index contributed by atoms with van der Waals surface area (Å²) >= 11 is 19.0. The van der Waals surface area contributed by atoms with Crippen LogP contribution in [-0.2, 0) is 35.4 Å². The summed E-state index contributed by atoms with van der Waals surface area (Å²) in [4.78, 5) is 11.8. The molecule has 0 aliphatic carbocycles. The van der Waals surface area contributed by atoms with Crippen LogP contribution in [0.15, 0.2) is 112 Å². The molecule has 0 bridgehead atoms. The third kappa shape index (κ3) is 25.4. The maximum absolute atomic E-state index is 6.70. The largest absolute Gasteiger partial charge is 0.492 e. The van der Waals surface area contributed by atoms with Gasteiger partial charge in [0.25, 0.3) is 0 Å². The Bertz CT molecular complexity index is 2650. The van der Waals surface area contributed by atoms with E-state index < -0.39 is 19.6 Å². The van der Waals surface area contributed by atoms with Gasteiger partial charge in [-0.25, -0.2) is 14.3 Å². The van der Waals surface area contributed by atoms with E-state index in [4.69, 9.17) is 64.5 Å². The van der Waals surface area contributed by atoms with Crippen LogP contribution < -0.4 is 39.0 Å². The van der Waals surface area contributed by atoms with E-state index in [1.807, 2.05) is 116 Å². The average molecular weight is 1280 g/mol. The van der Waals surface area contributed by atoms with Crippen molar-refractivity contribution < 1.29 is 13.8 Å². The number of benzene rings is 4. The second-order valence-corrected chi connectivity index (χ2v) is 31.0. The van der Waals surface area contributed by atoms with E-state index in [9.17, 15) is 0 Å². The third-order valence-electron chi connectivity index (χ3n) is 14.5. The summed E-state index contributed by atoms with van der Waals surface area (Å²) in [5.74, 6) is 7.87. The highest BCUT2D eigenvalue weighted by molar-refractivity contribution is 8.11. The zero-order chi connectivity index (χ0) is 62.1. The molecule has 0 spiro atoms. The summed E-state index contributed by atoms with van der Waals surface area (Å²) in [7, 11) is 5.66. The van der Waals surface area contributed by atoms with Crippen molar-refractivity contribution in [1.82, 2.24) is 54.3 Å². The average Bonchev–Trinajstić information content (AvgIpc) is 3.60. The number of hydrogen-bond donors (Lipinski definition) is 4. The molecule has 0 atom stereocenters. The molecule has 0 saturated heterocycles. The molecule has 0 amide bonds. The molecule has 4 aromatic rings. The van der Waals surface area contributed by atoms with Crippen LogP contribution >= 0.6 is 19.6 Å². The summed E-state index contributed by atoms with van der Waals surface area (Å²) in [5.41, 5.74) is 4.71. The van der Waals surface area contributed by atoms with Crippen LogP contribution in [0.5, 0.6) is 17.2 Å². The van der Waals surface area contributed by atoms with E-state index in [0.29, 0.717) is 18.1 Å². The summed E-state index contributed by atoms with van der Waals surface area (Å²) < 4.78 is 24.9. The first kappa shape index (κ1) is 73.2. The normalized spacial score (nSPS) is 12.3. The molecule has 0 fully saturated rings. The van der Waals surface area contributed by atoms with Gasteiger partial charge in [-0.15, -0.1) is 5.92 Å². The van der Waals surface area contributed by atoms with Gasteiger partial charge in [0.2, 0.25) is 0 Å². The standard InChI is InChI=1S/C61H100N15O3P3S3/c1-14-24-54-25-33-58(34-26-54)76(23-10)49-50-77-59-35-27-55(28-36-59)53-64-71(13)82(85,78-60-37-29-56(30-38-60)51-62-69(11)80(83,65-41-45-72(15-2)16-3)66-42-46-73(17-4)18-5)79-61-39-31-57(32-40-61)52-63-70(12)81(84,67-43-47-74(19-6)20-7)68-44-48-75(21-8)22-9/h25-40,51-53H,15-23,41-50H2,1-13H3,(H2,65,66,83)(H2,67,68,84)/b62-51+,63-52+,64-53+. The van der Waals surface area contributed by atoms with Gasteiger partial charge in [-0.1, -0.05) is 61.3 Å². The van der Waals surface area contributed by atoms with Crippen molar-refractivity contribution >= 4 is 79.4 Å². The van der Waals surface area contributed by atoms with E-state index in [1.54, 1.807) is 18.0 Å². The molecule has 0 aliphatic heterocycles. The molecular formula is C61H100N15O3P3S3. The number of nitrogens with one attached hydrogen (secondary N) is 4. The first-order valence-electron chi connectivity index (χ1n) is 30.1. The van der Waals surface area contributed by atoms with E-state index in [-0.39, 0.29) is 0 Å². The van der Waals surface area contributed by atoms with E-state index in [2.05, 4.69) is 143 Å². The highest BCUT2D eigenvalue weighted by atomic mass is 32.5. The molecule has 0 radical (unpaired) electrons. The molecule has 0 aromatic heterocycles. The Morgan fingerprint density at radius 3 is 1.08 bits per heavy atom. The molecule has 470 valence electrons. The summed E-state index contributed by atoms with van der Waals surface area (Å²) in [5, 5.41) is 29.3. The van der Waals surface area contributed by atoms with Gasteiger partial charge in [0.1, 0.15) is 23.9 Å². The Morgan fingerprint density at radius 1 is 0.435 bits per heavy atom. The molecule has 0 saturated carbocycles. The highest BCUT2D eigenvalue weighted by Crippen LogP contribution is 2.52. The molecular weight excluding hydrogens is 1180 g/mol. The van der Waals surface area contributed by atoms with Gasteiger partial charge in [0, 0.05) is 103 Å². The molecule has 85 heavy (non-hydrogen) atoms. The van der Waals surface area contributed by atoms with Gasteiger partial charge in [-0.05, 0) is 204 Å². The van der Waals surface area contributed by atoms with Crippen LogP contribution in [0.3, 0.4) is 0 Å². The lowest BCUT2D eigenvalue weighted by molar-refractivity contribution is 0.305. The molecule has 24 heteroatoms. The second kappa shape index (κ2) is 39.5. The minimum Gasteiger partial charge on any atom is -0.492 e. The fraction of sp³-hybridized carbons (Fsp3) is 0.525. The highest BCUT2D eigenvalue weighted by Gasteiger charge is 2.29. The molecule has 0 unspecified atom stereocenters. The van der Waals surface area contributed by atoms with E-state index in [0.717, 1.165) is 151 Å². The number of hydrogen-bond acceptors (Lipinski definition) is 14. The fourth-order valence-corrected chi connectivity index (χ4v) is 15.0. The first-order valence-corrected chi connectivity index (χ1v) is 38.2. The molecule has 4 aromatic carbocycles. The zero-order valence-electron chi connectivity index (χ0n) is 53.1. The van der Waals surface area contributed by atoms with Gasteiger partial charge in [0.05, 0.1) is 25.2 Å². The predicted octanol–water partition coefficient (Wildman–Crippen LogP) is 10.3. The van der Waals surface area contributed by atoms with Crippen LogP contribution in [0.1, 0.15) is 91.5 Å². The maximum atomic E-state index is 6.70. The Hall–Kier alpha value is -4.32. The monoisotopic (exact) mass is 1280 g/mol. The first-order chi connectivity index (χ1) is 41.0. The Balaban J connectivity index is 1.56. The number of anilines is 1. The Labute approximate surface area is 527 Å². The Kier molecular flexibility index (Phi) is 34.0. The second-order valence-electron chi connectivity index (χ2n) is 19.8. The van der Waals surface area contributed by atoms with Crippen molar-refractivity contribution in [1.29, 1.82) is 0 Å². The maximum Gasteiger partial charge on any atom is 0.410 e. The van der Waals surface area contributed by atoms with Crippen LogP contribution in [-0.4, -0.2) is 198 Å². The minimum absolute atomic E-state index is 0.516. The van der Waals surface area contributed by atoms with Gasteiger partial charge >= 0.3 is 6.64 Å². The zero-order valence-corrected chi connectivity index (χ0v) is 58.2. The van der Waals surface area contributed by atoms with E-state index >= 15 is 0 Å². The van der Waals surface area contributed by atoms with Crippen LogP contribution in [0.4, 0.5) is 5.69 Å². The van der Waals surface area contributed by atoms with Crippen LogP contribution in [0.2, 0.25) is 0 Å². The van der Waals surface area contributed by atoms with E-state index in [1.165, 1.54) is 0 Å². The van der Waals surface area contributed by atoms with Gasteiger partial charge in [-0.2, -0.15) is 15.3 Å². The third-order valence-corrected chi connectivity index (χ3v) is 24.7. The van der Waals surface area contributed by atoms with Crippen LogP contribution in [0, 0.1) is 11.8 Å². The SMILES string of the molecule is CC#Cc1ccc(N(CC)CCOc2ccc(/C=N/N(C)P(=S)(Oc3ccc(/C=N/N(C)P(=S)(NCCN(CC)CC)NCCN(CC)CC)cc3)Oc3ccc(/C=N/N(C)P(=S)(NCCN(CC)CC)NCCN(CC)CC)cc3)cc2)cc1. The smallest absolute Gasteiger partial charge is 0.410 e. The topological polar surface area (TPSA) is 139 Å². The molecule has 18 nitrogen and oxygen atoms in total. The minimum atomic E-state index is -3.40. The van der Waals surface area contributed by atoms with Crippen molar-refractivity contribution in [2.45, 2.75) is 69.2 Å². The fourth-order valence-electron chi connectivity index (χ4n) is 8.70. The summed E-state index contributed by atoms with van der Waals surface area (Å²) in [6, 6.07) is 31.4. The number of ether oxygens (including phenoxy) is 1. The number of rotatable bonds is 43. The molecule has 0 aliphatic rings. The van der Waals surface area contributed by atoms with Gasteiger partial charge in [-0.3, -0.25) is 20.3 Å². The van der Waals surface area contributed by atoms with Gasteiger partial charge in [0.15, 0.2) is 13.0 Å². The quantitative estimate of drug-likeness (QED) is 0.0145. The lowest BCUT2D eigenvalue weighted by atomic mass is 10.2. The van der Waals surface area contributed by atoms with Gasteiger partial charge < -0.3 is 38.3 Å². The lowest BCUT2D eigenvalue weighted by Crippen LogP contribution is -2.39. The number of hydrazone groups is 3. The summed E-state index contributed by atoms with van der Waals surface area (Å²) in [6.07, 6.45) is 5.38. The van der Waals surface area contributed by atoms with Crippen molar-refractivity contribution in [3.05, 3.63) is 119 Å². The van der Waals surface area contributed by atoms with Crippen molar-refractivity contribution in [2.75, 3.05) is 150 Å². The number of likely N-dealkylation sites (N-methyl/N-ethyl adjacent to an activating group) is 5. The molecule has 0 heterocycles.